The van der Waals surface area contributed by atoms with Gasteiger partial charge in [0.2, 0.25) is 15.9 Å². The third-order valence-electron chi connectivity index (χ3n) is 5.54. The number of carbonyl (C=O) groups is 2. The Balaban J connectivity index is 1.72. The van der Waals surface area contributed by atoms with Crippen LogP contribution in [0.25, 0.3) is 0 Å². The van der Waals surface area contributed by atoms with Crippen molar-refractivity contribution in [3.8, 4) is 5.75 Å². The van der Waals surface area contributed by atoms with Crippen LogP contribution in [-0.4, -0.2) is 87.6 Å². The highest BCUT2D eigenvalue weighted by molar-refractivity contribution is 7.88. The molecule has 1 atom stereocenters. The Hall–Kier alpha value is -2.33. The predicted molar refractivity (Wildman–Crippen MR) is 108 cm³/mol. The molecule has 10 heteroatoms. The Kier molecular flexibility index (Phi) is 6.04. The van der Waals surface area contributed by atoms with Crippen LogP contribution in [0.15, 0.2) is 24.3 Å². The first-order valence-electron chi connectivity index (χ1n) is 9.47. The van der Waals surface area contributed by atoms with Crippen molar-refractivity contribution in [2.75, 3.05) is 53.1 Å². The summed E-state index contributed by atoms with van der Waals surface area (Å²) >= 11 is 0. The van der Waals surface area contributed by atoms with Crippen molar-refractivity contribution in [1.29, 1.82) is 0 Å². The van der Waals surface area contributed by atoms with Crippen LogP contribution in [0.4, 0.5) is 4.79 Å². The van der Waals surface area contributed by atoms with E-state index in [4.69, 9.17) is 4.74 Å². The number of hydrogen-bond donors (Lipinski definition) is 1. The summed E-state index contributed by atoms with van der Waals surface area (Å²) in [5, 5.41) is 2.90. The molecule has 1 N–H and O–H groups in total. The molecule has 0 unspecified atom stereocenters. The van der Waals surface area contributed by atoms with Gasteiger partial charge in [-0.15, -0.1) is 0 Å². The Morgan fingerprint density at radius 1 is 1.17 bits per heavy atom. The number of amides is 3. The predicted octanol–water partition coefficient (Wildman–Crippen LogP) is 0.331. The minimum atomic E-state index is -3.43. The summed E-state index contributed by atoms with van der Waals surface area (Å²) in [5.74, 6) is 0.712. The maximum Gasteiger partial charge on any atom is 0.317 e. The molecule has 3 rings (SSSR count). The van der Waals surface area contributed by atoms with Crippen molar-refractivity contribution in [2.45, 2.75) is 13.0 Å². The summed E-state index contributed by atoms with van der Waals surface area (Å²) in [7, 11) is -0.122. The van der Waals surface area contributed by atoms with E-state index in [1.165, 1.54) is 10.6 Å². The Labute approximate surface area is 171 Å². The van der Waals surface area contributed by atoms with Gasteiger partial charge in [0.25, 0.3) is 0 Å². The van der Waals surface area contributed by atoms with E-state index in [9.17, 15) is 18.0 Å². The van der Waals surface area contributed by atoms with Crippen LogP contribution < -0.4 is 10.1 Å². The fourth-order valence-corrected chi connectivity index (χ4v) is 4.95. The lowest BCUT2D eigenvalue weighted by Crippen LogP contribution is -2.47. The molecule has 2 aliphatic rings. The van der Waals surface area contributed by atoms with Crippen LogP contribution in [0.1, 0.15) is 12.0 Å². The summed E-state index contributed by atoms with van der Waals surface area (Å²) in [6.45, 7) is 1.85. The molecule has 0 bridgehead atoms. The molecule has 160 valence electrons. The molecule has 2 heterocycles. The first kappa shape index (κ1) is 21.4. The second kappa shape index (κ2) is 8.19. The minimum Gasteiger partial charge on any atom is -0.497 e. The molecule has 2 saturated heterocycles. The average Bonchev–Trinajstić information content (AvgIpc) is 2.83. The number of nitrogens with one attached hydrogen (secondary N) is 1. The summed E-state index contributed by atoms with van der Waals surface area (Å²) in [6.07, 6.45) is 1.40. The fraction of sp³-hybridized carbons (Fsp3) is 0.579. The van der Waals surface area contributed by atoms with Gasteiger partial charge in [0.05, 0.1) is 13.4 Å². The first-order chi connectivity index (χ1) is 13.6. The molecule has 0 radical (unpaired) electrons. The van der Waals surface area contributed by atoms with Gasteiger partial charge in [-0.2, -0.15) is 4.31 Å². The summed E-state index contributed by atoms with van der Waals surface area (Å²) in [6, 6.07) is 7.13. The number of likely N-dealkylation sites (tertiary alicyclic amines) is 1. The summed E-state index contributed by atoms with van der Waals surface area (Å²) < 4.78 is 30.9. The number of ether oxygens (including phenoxy) is 1. The van der Waals surface area contributed by atoms with Crippen molar-refractivity contribution >= 4 is 22.0 Å². The molecular formula is C19H28N4O5S. The fourth-order valence-electron chi connectivity index (χ4n) is 4.02. The quantitative estimate of drug-likeness (QED) is 0.751. The number of carbonyl (C=O) groups excluding carboxylic acids is 2. The molecule has 1 aromatic rings. The van der Waals surface area contributed by atoms with Crippen molar-refractivity contribution in [3.05, 3.63) is 29.8 Å². The molecule has 0 saturated carbocycles. The van der Waals surface area contributed by atoms with Gasteiger partial charge < -0.3 is 19.9 Å². The van der Waals surface area contributed by atoms with E-state index < -0.39 is 15.4 Å². The number of sulfonamides is 1. The van der Waals surface area contributed by atoms with Crippen LogP contribution in [0.5, 0.6) is 5.75 Å². The number of methoxy groups -OCH3 is 1. The molecule has 2 aliphatic heterocycles. The second-order valence-electron chi connectivity index (χ2n) is 7.95. The molecule has 0 aromatic heterocycles. The molecule has 0 aliphatic carbocycles. The lowest BCUT2D eigenvalue weighted by atomic mass is 9.86. The van der Waals surface area contributed by atoms with Gasteiger partial charge in [0.1, 0.15) is 5.75 Å². The van der Waals surface area contributed by atoms with E-state index in [1.807, 2.05) is 24.3 Å². The van der Waals surface area contributed by atoms with E-state index in [0.717, 1.165) is 11.3 Å². The summed E-state index contributed by atoms with van der Waals surface area (Å²) in [5.41, 5.74) is 0.334. The Morgan fingerprint density at radius 2 is 1.86 bits per heavy atom. The standard InChI is InChI=1S/C19H28N4O5S/c1-21-12-19(10-17(21)24)13-22(8-9-23(14-19)29(3,26)27)18(25)20-11-15-4-6-16(28-2)7-5-15/h4-7H,8-14H2,1-3H3,(H,20,25)/t19-/m0/s1. The van der Waals surface area contributed by atoms with Crippen LogP contribution in [0.3, 0.4) is 0 Å². The highest BCUT2D eigenvalue weighted by Crippen LogP contribution is 2.35. The zero-order valence-corrected chi connectivity index (χ0v) is 17.9. The minimum absolute atomic E-state index is 0.0288. The van der Waals surface area contributed by atoms with Crippen molar-refractivity contribution in [1.82, 2.24) is 19.4 Å². The Bertz CT molecular complexity index is 873. The monoisotopic (exact) mass is 424 g/mol. The number of benzene rings is 1. The van der Waals surface area contributed by atoms with Crippen molar-refractivity contribution in [2.24, 2.45) is 5.41 Å². The summed E-state index contributed by atoms with van der Waals surface area (Å²) in [4.78, 5) is 28.3. The SMILES string of the molecule is COc1ccc(CNC(=O)N2CCN(S(C)(=O)=O)C[C@]3(CC(=O)N(C)C3)C2)cc1. The number of hydrogen-bond acceptors (Lipinski definition) is 5. The Morgan fingerprint density at radius 3 is 2.41 bits per heavy atom. The van der Waals surface area contributed by atoms with Crippen LogP contribution in [-0.2, 0) is 21.4 Å². The molecule has 9 nitrogen and oxygen atoms in total. The van der Waals surface area contributed by atoms with Crippen LogP contribution in [0, 0.1) is 5.41 Å². The lowest BCUT2D eigenvalue weighted by Gasteiger charge is -2.32. The van der Waals surface area contributed by atoms with Gasteiger partial charge >= 0.3 is 6.03 Å². The lowest BCUT2D eigenvalue weighted by molar-refractivity contribution is -0.126. The van der Waals surface area contributed by atoms with Crippen molar-refractivity contribution < 1.29 is 22.7 Å². The van der Waals surface area contributed by atoms with E-state index in [-0.39, 0.29) is 38.0 Å². The van der Waals surface area contributed by atoms with E-state index in [2.05, 4.69) is 5.32 Å². The number of urea groups is 1. The highest BCUT2D eigenvalue weighted by Gasteiger charge is 2.47. The average molecular weight is 425 g/mol. The largest absolute Gasteiger partial charge is 0.497 e. The van der Waals surface area contributed by atoms with Gasteiger partial charge in [-0.05, 0) is 17.7 Å². The number of nitrogens with zero attached hydrogens (tertiary/aromatic N) is 3. The van der Waals surface area contributed by atoms with Crippen LogP contribution >= 0.6 is 0 Å². The van der Waals surface area contributed by atoms with E-state index in [0.29, 0.717) is 19.6 Å². The van der Waals surface area contributed by atoms with Gasteiger partial charge in [-0.3, -0.25) is 4.79 Å². The smallest absolute Gasteiger partial charge is 0.317 e. The maximum absolute atomic E-state index is 12.8. The van der Waals surface area contributed by atoms with Gasteiger partial charge in [0.15, 0.2) is 0 Å². The molecule has 3 amide bonds. The van der Waals surface area contributed by atoms with Crippen LogP contribution in [0.2, 0.25) is 0 Å². The third kappa shape index (κ3) is 4.99. The van der Waals surface area contributed by atoms with Gasteiger partial charge in [-0.1, -0.05) is 12.1 Å². The molecule has 1 spiro atoms. The van der Waals surface area contributed by atoms with Crippen molar-refractivity contribution in [3.63, 3.8) is 0 Å². The van der Waals surface area contributed by atoms with E-state index >= 15 is 0 Å². The van der Waals surface area contributed by atoms with Gasteiger partial charge in [0, 0.05) is 58.2 Å². The normalized spacial score (nSPS) is 23.3. The topological polar surface area (TPSA) is 99.3 Å². The zero-order chi connectivity index (χ0) is 21.2. The van der Waals surface area contributed by atoms with Gasteiger partial charge in [-0.25, -0.2) is 13.2 Å². The third-order valence-corrected chi connectivity index (χ3v) is 6.79. The zero-order valence-electron chi connectivity index (χ0n) is 17.1. The molecular weight excluding hydrogens is 396 g/mol. The molecule has 1 aromatic carbocycles. The molecule has 2 fully saturated rings. The maximum atomic E-state index is 12.8. The van der Waals surface area contributed by atoms with E-state index in [1.54, 1.807) is 24.0 Å². The number of rotatable bonds is 4. The molecule has 29 heavy (non-hydrogen) atoms. The second-order valence-corrected chi connectivity index (χ2v) is 9.93. The first-order valence-corrected chi connectivity index (χ1v) is 11.3. The highest BCUT2D eigenvalue weighted by atomic mass is 32.2.